The molecule has 1 unspecified atom stereocenters. The van der Waals surface area contributed by atoms with E-state index in [1.165, 1.54) is 12.8 Å². The van der Waals surface area contributed by atoms with Crippen LogP contribution >= 0.6 is 11.3 Å². The molecule has 1 N–H and O–H groups in total. The van der Waals surface area contributed by atoms with Crippen LogP contribution in [0.1, 0.15) is 30.0 Å². The third-order valence-corrected chi connectivity index (χ3v) is 4.60. The predicted octanol–water partition coefficient (Wildman–Crippen LogP) is 1.35. The van der Waals surface area contributed by atoms with Crippen molar-refractivity contribution in [2.24, 2.45) is 0 Å². The Morgan fingerprint density at radius 2 is 2.33 bits per heavy atom. The van der Waals surface area contributed by atoms with Gasteiger partial charge in [-0.25, -0.2) is 4.98 Å². The van der Waals surface area contributed by atoms with Gasteiger partial charge in [0, 0.05) is 36.6 Å². The van der Waals surface area contributed by atoms with Gasteiger partial charge in [-0.1, -0.05) is 0 Å². The fraction of sp³-hybridized carbons (Fsp3) is 0.692. The maximum atomic E-state index is 12.1. The van der Waals surface area contributed by atoms with Crippen LogP contribution in [0.4, 0.5) is 0 Å². The highest BCUT2D eigenvalue weighted by atomic mass is 32.1. The molecule has 4 nitrogen and oxygen atoms in total. The fourth-order valence-electron chi connectivity index (χ4n) is 2.40. The Bertz CT molecular complexity index is 441. The highest BCUT2D eigenvalue weighted by Crippen LogP contribution is 2.22. The van der Waals surface area contributed by atoms with E-state index in [0.29, 0.717) is 6.04 Å². The van der Waals surface area contributed by atoms with Gasteiger partial charge in [0.2, 0.25) is 5.91 Å². The van der Waals surface area contributed by atoms with E-state index in [1.807, 2.05) is 11.8 Å². The Kier molecular flexibility index (Phi) is 3.35. The largest absolute Gasteiger partial charge is 0.341 e. The molecule has 1 atom stereocenters. The summed E-state index contributed by atoms with van der Waals surface area (Å²) < 4.78 is 0. The van der Waals surface area contributed by atoms with Crippen molar-refractivity contribution >= 4 is 17.2 Å². The van der Waals surface area contributed by atoms with Crippen LogP contribution in [0.3, 0.4) is 0 Å². The van der Waals surface area contributed by atoms with Crippen LogP contribution in [0.2, 0.25) is 0 Å². The molecule has 1 saturated heterocycles. The zero-order valence-electron chi connectivity index (χ0n) is 10.7. The molecule has 1 saturated carbocycles. The smallest absolute Gasteiger partial charge is 0.239 e. The lowest BCUT2D eigenvalue weighted by Crippen LogP contribution is -2.39. The molecule has 1 aliphatic heterocycles. The molecule has 0 spiro atoms. The molecule has 98 valence electrons. The van der Waals surface area contributed by atoms with Crippen molar-refractivity contribution in [3.63, 3.8) is 0 Å². The molecule has 1 aromatic heterocycles. The number of likely N-dealkylation sites (tertiary alicyclic amines) is 1. The second-order valence-electron chi connectivity index (χ2n) is 5.24. The Balaban J connectivity index is 1.49. The van der Waals surface area contributed by atoms with Gasteiger partial charge in [0.15, 0.2) is 0 Å². The summed E-state index contributed by atoms with van der Waals surface area (Å²) in [6.07, 6.45) is 4.33. The molecule has 2 fully saturated rings. The molecule has 1 amide bonds. The number of thiazole rings is 1. The lowest BCUT2D eigenvalue weighted by molar-refractivity contribution is -0.129. The first-order valence-electron chi connectivity index (χ1n) is 6.68. The Morgan fingerprint density at radius 1 is 1.50 bits per heavy atom. The lowest BCUT2D eigenvalue weighted by Gasteiger charge is -2.16. The third kappa shape index (κ3) is 2.72. The minimum Gasteiger partial charge on any atom is -0.341 e. The van der Waals surface area contributed by atoms with Crippen molar-refractivity contribution in [3.05, 3.63) is 16.1 Å². The Hall–Kier alpha value is -0.940. The van der Waals surface area contributed by atoms with Gasteiger partial charge in [-0.2, -0.15) is 0 Å². The number of rotatable bonds is 5. The zero-order valence-corrected chi connectivity index (χ0v) is 11.5. The van der Waals surface area contributed by atoms with Crippen LogP contribution in [0.15, 0.2) is 5.38 Å². The summed E-state index contributed by atoms with van der Waals surface area (Å²) in [7, 11) is 0. The number of hydrogen-bond donors (Lipinski definition) is 1. The monoisotopic (exact) mass is 265 g/mol. The highest BCUT2D eigenvalue weighted by Gasteiger charge is 2.35. The number of carbonyl (C=O) groups is 1. The van der Waals surface area contributed by atoms with Gasteiger partial charge in [0.05, 0.1) is 11.0 Å². The summed E-state index contributed by atoms with van der Waals surface area (Å²) in [5.41, 5.74) is 1.08. The summed E-state index contributed by atoms with van der Waals surface area (Å²) in [4.78, 5) is 18.6. The first kappa shape index (κ1) is 12.1. The summed E-state index contributed by atoms with van der Waals surface area (Å²) in [5, 5.41) is 6.64. The fourth-order valence-corrected chi connectivity index (χ4v) is 3.16. The quantitative estimate of drug-likeness (QED) is 0.874. The topological polar surface area (TPSA) is 45.2 Å². The standard InChI is InChI=1S/C13H19N3OS/c1-9-8-18-12(14-9)5-7-16-6-4-11(13(16)17)15-10-2-3-10/h8,10-11,15H,2-7H2,1H3. The SMILES string of the molecule is Cc1csc(CCN2CCC(NC3CC3)C2=O)n1. The first-order chi connectivity index (χ1) is 8.72. The number of aryl methyl sites for hydroxylation is 1. The van der Waals surface area contributed by atoms with E-state index in [-0.39, 0.29) is 11.9 Å². The van der Waals surface area contributed by atoms with Crippen LogP contribution in [-0.4, -0.2) is 41.0 Å². The summed E-state index contributed by atoms with van der Waals surface area (Å²) in [5.74, 6) is 0.287. The normalized spacial score (nSPS) is 23.9. The Labute approximate surface area is 111 Å². The number of nitrogens with zero attached hydrogens (tertiary/aromatic N) is 2. The second-order valence-corrected chi connectivity index (χ2v) is 6.18. The van der Waals surface area contributed by atoms with Crippen molar-refractivity contribution in [2.45, 2.75) is 44.7 Å². The zero-order chi connectivity index (χ0) is 12.5. The molecule has 2 heterocycles. The first-order valence-corrected chi connectivity index (χ1v) is 7.56. The average molecular weight is 265 g/mol. The van der Waals surface area contributed by atoms with E-state index in [1.54, 1.807) is 11.3 Å². The second kappa shape index (κ2) is 4.97. The van der Waals surface area contributed by atoms with Gasteiger partial charge in [0.25, 0.3) is 0 Å². The molecule has 1 aliphatic carbocycles. The molecule has 5 heteroatoms. The molecule has 0 bridgehead atoms. The van der Waals surface area contributed by atoms with Gasteiger partial charge >= 0.3 is 0 Å². The van der Waals surface area contributed by atoms with Crippen LogP contribution in [0.5, 0.6) is 0 Å². The summed E-state index contributed by atoms with van der Waals surface area (Å²) in [6.45, 7) is 3.72. The molecule has 1 aromatic rings. The number of nitrogens with one attached hydrogen (secondary N) is 1. The summed E-state index contributed by atoms with van der Waals surface area (Å²) >= 11 is 1.69. The predicted molar refractivity (Wildman–Crippen MR) is 71.7 cm³/mol. The van der Waals surface area contributed by atoms with E-state index in [9.17, 15) is 4.79 Å². The van der Waals surface area contributed by atoms with Crippen LogP contribution in [0, 0.1) is 6.92 Å². The molecule has 0 radical (unpaired) electrons. The van der Waals surface area contributed by atoms with Crippen molar-refractivity contribution in [1.82, 2.24) is 15.2 Å². The molecule has 2 aliphatic rings. The third-order valence-electron chi connectivity index (χ3n) is 3.57. The number of hydrogen-bond acceptors (Lipinski definition) is 4. The number of amides is 1. The van der Waals surface area contributed by atoms with Gasteiger partial charge in [0.1, 0.15) is 0 Å². The van der Waals surface area contributed by atoms with E-state index < -0.39 is 0 Å². The number of aromatic nitrogens is 1. The number of carbonyl (C=O) groups excluding carboxylic acids is 1. The molecule has 18 heavy (non-hydrogen) atoms. The summed E-state index contributed by atoms with van der Waals surface area (Å²) in [6, 6.07) is 0.691. The maximum Gasteiger partial charge on any atom is 0.239 e. The lowest BCUT2D eigenvalue weighted by atomic mass is 10.2. The minimum absolute atomic E-state index is 0.0792. The van der Waals surface area contributed by atoms with E-state index in [2.05, 4.69) is 15.7 Å². The van der Waals surface area contributed by atoms with Crippen molar-refractivity contribution in [3.8, 4) is 0 Å². The van der Waals surface area contributed by atoms with Crippen LogP contribution in [-0.2, 0) is 11.2 Å². The van der Waals surface area contributed by atoms with Crippen molar-refractivity contribution in [2.75, 3.05) is 13.1 Å². The Morgan fingerprint density at radius 3 is 3.00 bits per heavy atom. The molecule has 3 rings (SSSR count). The van der Waals surface area contributed by atoms with Gasteiger partial charge in [-0.3, -0.25) is 4.79 Å². The average Bonchev–Trinajstić information content (AvgIpc) is 2.98. The van der Waals surface area contributed by atoms with E-state index >= 15 is 0 Å². The van der Waals surface area contributed by atoms with Crippen LogP contribution in [0.25, 0.3) is 0 Å². The van der Waals surface area contributed by atoms with Gasteiger partial charge in [-0.05, 0) is 26.2 Å². The minimum atomic E-state index is 0.0792. The van der Waals surface area contributed by atoms with Crippen molar-refractivity contribution in [1.29, 1.82) is 0 Å². The van der Waals surface area contributed by atoms with Gasteiger partial charge in [-0.15, -0.1) is 11.3 Å². The maximum absolute atomic E-state index is 12.1. The van der Waals surface area contributed by atoms with E-state index in [4.69, 9.17) is 0 Å². The highest BCUT2D eigenvalue weighted by molar-refractivity contribution is 7.09. The van der Waals surface area contributed by atoms with Gasteiger partial charge < -0.3 is 10.2 Å². The van der Waals surface area contributed by atoms with Crippen LogP contribution < -0.4 is 5.32 Å². The van der Waals surface area contributed by atoms with E-state index in [0.717, 1.165) is 36.6 Å². The van der Waals surface area contributed by atoms with Crippen molar-refractivity contribution < 1.29 is 4.79 Å². The molecule has 0 aromatic carbocycles. The molecular formula is C13H19N3OS. The molecular weight excluding hydrogens is 246 g/mol.